The summed E-state index contributed by atoms with van der Waals surface area (Å²) in [6.45, 7) is 0. The number of hydrogen-bond donors (Lipinski definition) is 6. The molecule has 2 rings (SSSR count). The maximum absolute atomic E-state index is 12.0. The molecule has 2 amide bonds. The second-order valence-corrected chi connectivity index (χ2v) is 5.00. The van der Waals surface area contributed by atoms with Gasteiger partial charge in [0, 0.05) is 17.2 Å². The van der Waals surface area contributed by atoms with Gasteiger partial charge in [0.25, 0.3) is 11.8 Å². The molecule has 0 aromatic heterocycles. The molecule has 0 heterocycles. The summed E-state index contributed by atoms with van der Waals surface area (Å²) >= 11 is 0. The Kier molecular flexibility index (Phi) is 5.91. The molecule has 0 fully saturated rings. The van der Waals surface area contributed by atoms with Crippen LogP contribution in [0.2, 0.25) is 0 Å². The van der Waals surface area contributed by atoms with Gasteiger partial charge >= 0.3 is 0 Å². The molecule has 0 aliphatic heterocycles. The van der Waals surface area contributed by atoms with Crippen molar-refractivity contribution in [2.75, 3.05) is 0 Å². The van der Waals surface area contributed by atoms with Crippen molar-refractivity contribution in [1.29, 1.82) is 0 Å². The predicted molar refractivity (Wildman–Crippen MR) is 91.9 cm³/mol. The van der Waals surface area contributed by atoms with Crippen molar-refractivity contribution in [3.05, 3.63) is 59.2 Å². The molecule has 0 unspecified atom stereocenters. The number of aromatic hydroxyl groups is 3. The van der Waals surface area contributed by atoms with Crippen LogP contribution in [-0.4, -0.2) is 38.6 Å². The van der Waals surface area contributed by atoms with Crippen LogP contribution in [0.3, 0.4) is 0 Å². The third kappa shape index (κ3) is 4.58. The number of phenols is 3. The summed E-state index contributed by atoms with van der Waals surface area (Å²) in [6, 6.07) is 8.66. The summed E-state index contributed by atoms with van der Waals surface area (Å²) < 4.78 is 0. The van der Waals surface area contributed by atoms with Crippen LogP contribution in [0.1, 0.15) is 21.5 Å². The number of hydrogen-bond acceptors (Lipinski definition) is 7. The maximum atomic E-state index is 12.0. The molecule has 2 aromatic rings. The lowest BCUT2D eigenvalue weighted by molar-refractivity contribution is -0.124. The molecule has 134 valence electrons. The first-order valence-corrected chi connectivity index (χ1v) is 7.22. The molecule has 0 bridgehead atoms. The van der Waals surface area contributed by atoms with Gasteiger partial charge in [0.15, 0.2) is 11.5 Å². The summed E-state index contributed by atoms with van der Waals surface area (Å²) in [7, 11) is 0. The van der Waals surface area contributed by atoms with E-state index in [0.717, 1.165) is 12.3 Å². The molecule has 26 heavy (non-hydrogen) atoms. The summed E-state index contributed by atoms with van der Waals surface area (Å²) in [6.07, 6.45) is 3.68. The number of hydrazone groups is 1. The van der Waals surface area contributed by atoms with E-state index in [2.05, 4.69) is 10.5 Å². The Bertz CT molecular complexity index is 875. The van der Waals surface area contributed by atoms with Crippen molar-refractivity contribution < 1.29 is 30.1 Å². The van der Waals surface area contributed by atoms with Gasteiger partial charge in [-0.05, 0) is 35.9 Å². The fourth-order valence-corrected chi connectivity index (χ4v) is 1.87. The van der Waals surface area contributed by atoms with E-state index < -0.39 is 29.1 Å². The summed E-state index contributed by atoms with van der Waals surface area (Å²) in [5, 5.41) is 40.3. The molecule has 0 aliphatic carbocycles. The van der Waals surface area contributed by atoms with Gasteiger partial charge in [0.1, 0.15) is 0 Å². The van der Waals surface area contributed by atoms with Crippen LogP contribution in [0.4, 0.5) is 0 Å². The lowest BCUT2D eigenvalue weighted by Crippen LogP contribution is -2.17. The van der Waals surface area contributed by atoms with E-state index in [1.54, 1.807) is 12.1 Å². The number of hydroxylamine groups is 1. The third-order valence-corrected chi connectivity index (χ3v) is 3.24. The van der Waals surface area contributed by atoms with Crippen LogP contribution >= 0.6 is 0 Å². The van der Waals surface area contributed by atoms with Gasteiger partial charge in [-0.25, -0.2) is 10.9 Å². The monoisotopic (exact) mass is 357 g/mol. The molecule has 0 atom stereocenters. The molecule has 0 aliphatic rings. The van der Waals surface area contributed by atoms with Gasteiger partial charge in [-0.15, -0.1) is 0 Å². The fourth-order valence-electron chi connectivity index (χ4n) is 1.87. The summed E-state index contributed by atoms with van der Waals surface area (Å²) in [4.78, 5) is 22.9. The minimum atomic E-state index is -0.682. The molecule has 0 spiro atoms. The van der Waals surface area contributed by atoms with E-state index in [-0.39, 0.29) is 5.56 Å². The average Bonchev–Trinajstić information content (AvgIpc) is 2.66. The maximum Gasteiger partial charge on any atom is 0.271 e. The zero-order chi connectivity index (χ0) is 19.1. The van der Waals surface area contributed by atoms with Gasteiger partial charge in [0.05, 0.1) is 6.21 Å². The molecule has 9 nitrogen and oxygen atoms in total. The normalized spacial score (nSPS) is 11.0. The Morgan fingerprint density at radius 1 is 0.962 bits per heavy atom. The molecule has 0 saturated carbocycles. The summed E-state index contributed by atoms with van der Waals surface area (Å²) in [5.74, 6) is -2.92. The van der Waals surface area contributed by atoms with E-state index in [1.807, 2.05) is 0 Å². The number of benzene rings is 2. The van der Waals surface area contributed by atoms with Crippen molar-refractivity contribution in [2.45, 2.75) is 0 Å². The molecule has 9 heteroatoms. The molecule has 0 saturated heterocycles. The van der Waals surface area contributed by atoms with Crippen molar-refractivity contribution in [3.8, 4) is 17.2 Å². The second kappa shape index (κ2) is 8.31. The van der Waals surface area contributed by atoms with Crippen molar-refractivity contribution in [3.63, 3.8) is 0 Å². The number of rotatable bonds is 5. The first-order valence-electron chi connectivity index (χ1n) is 7.22. The molecule has 0 radical (unpaired) electrons. The van der Waals surface area contributed by atoms with Crippen LogP contribution in [-0.2, 0) is 4.79 Å². The van der Waals surface area contributed by atoms with Gasteiger partial charge in [-0.2, -0.15) is 5.10 Å². The number of nitrogens with zero attached hydrogens (tertiary/aromatic N) is 1. The fraction of sp³-hybridized carbons (Fsp3) is 0. The Morgan fingerprint density at radius 3 is 2.31 bits per heavy atom. The number of carbonyl (C=O) groups excluding carboxylic acids is 2. The average molecular weight is 357 g/mol. The number of nitrogens with one attached hydrogen (secondary N) is 2. The highest BCUT2D eigenvalue weighted by Gasteiger charge is 2.09. The van der Waals surface area contributed by atoms with E-state index >= 15 is 0 Å². The Balaban J connectivity index is 2.01. The topological polar surface area (TPSA) is 151 Å². The van der Waals surface area contributed by atoms with Gasteiger partial charge in [-0.1, -0.05) is 12.1 Å². The molecule has 6 N–H and O–H groups in total. The first kappa shape index (κ1) is 18.5. The predicted octanol–water partition coefficient (Wildman–Crippen LogP) is 1.09. The highest BCUT2D eigenvalue weighted by atomic mass is 16.5. The van der Waals surface area contributed by atoms with E-state index in [0.29, 0.717) is 11.1 Å². The Hall–Kier alpha value is -3.85. The lowest BCUT2D eigenvalue weighted by Gasteiger charge is -2.04. The van der Waals surface area contributed by atoms with Gasteiger partial charge < -0.3 is 15.3 Å². The largest absolute Gasteiger partial charge is 0.504 e. The SMILES string of the molecule is O=C(/C=C/c1ccc(C(=O)N/N=C\c2ccc(O)c(O)c2O)cc1)NO. The Labute approximate surface area is 147 Å². The molecule has 2 aromatic carbocycles. The van der Waals surface area contributed by atoms with Crippen molar-refractivity contribution in [2.24, 2.45) is 5.10 Å². The Morgan fingerprint density at radius 2 is 1.65 bits per heavy atom. The quantitative estimate of drug-likeness (QED) is 0.155. The van der Waals surface area contributed by atoms with E-state index in [4.69, 9.17) is 5.21 Å². The van der Waals surface area contributed by atoms with Crippen LogP contribution in [0.15, 0.2) is 47.6 Å². The first-order chi connectivity index (χ1) is 12.4. The van der Waals surface area contributed by atoms with Crippen LogP contribution in [0, 0.1) is 0 Å². The molecular weight excluding hydrogens is 342 g/mol. The van der Waals surface area contributed by atoms with E-state index in [1.165, 1.54) is 35.8 Å². The zero-order valence-electron chi connectivity index (χ0n) is 13.2. The highest BCUT2D eigenvalue weighted by molar-refractivity contribution is 5.95. The van der Waals surface area contributed by atoms with Crippen LogP contribution in [0.5, 0.6) is 17.2 Å². The van der Waals surface area contributed by atoms with Crippen molar-refractivity contribution in [1.82, 2.24) is 10.9 Å². The van der Waals surface area contributed by atoms with Crippen molar-refractivity contribution >= 4 is 24.1 Å². The van der Waals surface area contributed by atoms with Gasteiger partial charge in [0.2, 0.25) is 5.75 Å². The number of amides is 2. The van der Waals surface area contributed by atoms with Crippen LogP contribution < -0.4 is 10.9 Å². The zero-order valence-corrected chi connectivity index (χ0v) is 13.2. The molecular formula is C17H15N3O6. The van der Waals surface area contributed by atoms with Gasteiger partial charge in [-0.3, -0.25) is 14.8 Å². The lowest BCUT2D eigenvalue weighted by atomic mass is 10.1. The smallest absolute Gasteiger partial charge is 0.271 e. The minimum Gasteiger partial charge on any atom is -0.504 e. The minimum absolute atomic E-state index is 0.100. The van der Waals surface area contributed by atoms with Crippen LogP contribution in [0.25, 0.3) is 6.08 Å². The summed E-state index contributed by atoms with van der Waals surface area (Å²) in [5.41, 5.74) is 4.74. The number of carbonyl (C=O) groups is 2. The third-order valence-electron chi connectivity index (χ3n) is 3.24. The standard InChI is InChI=1S/C17H15N3O6/c21-13-7-6-12(15(23)16(13)24)9-18-19-17(25)11-4-1-10(2-5-11)3-8-14(22)20-26/h1-9,21,23-24,26H,(H,19,25)(H,20,22)/b8-3+,18-9-. The number of phenolic OH excluding ortho intramolecular Hbond substituents is 3. The highest BCUT2D eigenvalue weighted by Crippen LogP contribution is 2.36. The van der Waals surface area contributed by atoms with E-state index in [9.17, 15) is 24.9 Å². The second-order valence-electron chi connectivity index (χ2n) is 5.00.